The Labute approximate surface area is 132 Å². The van der Waals surface area contributed by atoms with Crippen molar-refractivity contribution in [3.05, 3.63) is 57.0 Å². The van der Waals surface area contributed by atoms with Gasteiger partial charge in [-0.15, -0.1) is 0 Å². The van der Waals surface area contributed by atoms with Gasteiger partial charge in [-0.25, -0.2) is 0 Å². The first-order valence-corrected chi connectivity index (χ1v) is 6.92. The van der Waals surface area contributed by atoms with E-state index in [1.54, 1.807) is 18.2 Å². The second kappa shape index (κ2) is 6.25. The van der Waals surface area contributed by atoms with E-state index in [0.717, 1.165) is 6.07 Å². The summed E-state index contributed by atoms with van der Waals surface area (Å²) in [6, 6.07) is 8.08. The lowest BCUT2D eigenvalue weighted by Gasteiger charge is -2.14. The number of aliphatic hydroxyl groups is 1. The summed E-state index contributed by atoms with van der Waals surface area (Å²) in [5.41, 5.74) is -1.13. The van der Waals surface area contributed by atoms with Gasteiger partial charge >= 0.3 is 6.18 Å². The Morgan fingerprint density at radius 3 is 2.43 bits per heavy atom. The van der Waals surface area contributed by atoms with Crippen LogP contribution in [-0.2, 0) is 12.8 Å². The minimum atomic E-state index is -4.56. The number of aliphatic hydroxyl groups excluding tert-OH is 1. The fourth-order valence-corrected chi connectivity index (χ4v) is 2.47. The monoisotopic (exact) mass is 380 g/mol. The molecule has 0 radical (unpaired) electrons. The van der Waals surface area contributed by atoms with Gasteiger partial charge in [0.25, 0.3) is 0 Å². The quantitative estimate of drug-likeness (QED) is 0.771. The van der Waals surface area contributed by atoms with Gasteiger partial charge in [-0.05, 0) is 51.8 Å². The number of rotatable bonds is 3. The molecule has 0 aromatic heterocycles. The smallest absolute Gasteiger partial charge is 0.416 e. The number of benzene rings is 2. The summed E-state index contributed by atoms with van der Waals surface area (Å²) >= 11 is 9.00. The maximum Gasteiger partial charge on any atom is 0.416 e. The van der Waals surface area contributed by atoms with Crippen LogP contribution in [0.25, 0.3) is 0 Å². The molecule has 0 spiro atoms. The molecule has 0 aliphatic rings. The fraction of sp³-hybridized carbons (Fsp3) is 0.143. The second-order valence-corrected chi connectivity index (χ2v) is 5.44. The Balaban J connectivity index is 2.37. The van der Waals surface area contributed by atoms with Gasteiger partial charge in [-0.3, -0.25) is 0 Å². The Hall–Kier alpha value is -1.24. The molecule has 0 heterocycles. The minimum absolute atomic E-state index is 0.0162. The van der Waals surface area contributed by atoms with Gasteiger partial charge in [0.15, 0.2) is 0 Å². The second-order valence-electron chi connectivity index (χ2n) is 4.15. The van der Waals surface area contributed by atoms with E-state index in [4.69, 9.17) is 21.4 Å². The summed E-state index contributed by atoms with van der Waals surface area (Å²) in [5, 5.41) is 9.45. The molecule has 0 fully saturated rings. The molecule has 0 aliphatic heterocycles. The predicted molar refractivity (Wildman–Crippen MR) is 76.6 cm³/mol. The Morgan fingerprint density at radius 1 is 1.14 bits per heavy atom. The van der Waals surface area contributed by atoms with Crippen LogP contribution in [0.3, 0.4) is 0 Å². The van der Waals surface area contributed by atoms with Gasteiger partial charge in [-0.2, -0.15) is 13.2 Å². The zero-order chi connectivity index (χ0) is 15.6. The average Bonchev–Trinajstić information content (AvgIpc) is 2.41. The maximum atomic E-state index is 12.9. The molecule has 0 atom stereocenters. The molecule has 7 heteroatoms. The van der Waals surface area contributed by atoms with Crippen molar-refractivity contribution < 1.29 is 23.0 Å². The van der Waals surface area contributed by atoms with E-state index in [9.17, 15) is 13.2 Å². The molecular weight excluding hydrogens is 373 g/mol. The molecule has 2 nitrogen and oxygen atoms in total. The van der Waals surface area contributed by atoms with E-state index < -0.39 is 18.3 Å². The van der Waals surface area contributed by atoms with Gasteiger partial charge in [0.2, 0.25) is 0 Å². The average molecular weight is 382 g/mol. The van der Waals surface area contributed by atoms with Crippen LogP contribution in [0, 0.1) is 0 Å². The van der Waals surface area contributed by atoms with Crippen LogP contribution in [0.2, 0.25) is 5.02 Å². The fourth-order valence-electron chi connectivity index (χ4n) is 1.71. The molecule has 2 aromatic carbocycles. The molecule has 21 heavy (non-hydrogen) atoms. The molecule has 1 N–H and O–H groups in total. The van der Waals surface area contributed by atoms with Crippen molar-refractivity contribution in [3.8, 4) is 11.5 Å². The molecule has 0 aliphatic carbocycles. The van der Waals surface area contributed by atoms with Crippen molar-refractivity contribution in [2.75, 3.05) is 0 Å². The van der Waals surface area contributed by atoms with Crippen LogP contribution in [0.1, 0.15) is 11.1 Å². The summed E-state index contributed by atoms with van der Waals surface area (Å²) in [6.45, 7) is -0.695. The number of alkyl halides is 3. The molecule has 2 rings (SSSR count). The Morgan fingerprint density at radius 2 is 1.86 bits per heavy atom. The van der Waals surface area contributed by atoms with E-state index >= 15 is 0 Å². The number of halogens is 5. The summed E-state index contributed by atoms with van der Waals surface area (Å²) in [6.07, 6.45) is -4.56. The first kappa shape index (κ1) is 16.1. The Bertz CT molecular complexity index is 659. The summed E-state index contributed by atoms with van der Waals surface area (Å²) in [4.78, 5) is 0. The molecule has 0 saturated carbocycles. The number of ether oxygens (including phenoxy) is 1. The van der Waals surface area contributed by atoms with Crippen LogP contribution in [0.5, 0.6) is 11.5 Å². The third-order valence-electron chi connectivity index (χ3n) is 2.68. The van der Waals surface area contributed by atoms with Crippen molar-refractivity contribution in [2.45, 2.75) is 12.8 Å². The highest BCUT2D eigenvalue weighted by atomic mass is 79.9. The summed E-state index contributed by atoms with van der Waals surface area (Å²) in [7, 11) is 0. The third kappa shape index (κ3) is 3.90. The van der Waals surface area contributed by atoms with Crippen LogP contribution in [-0.4, -0.2) is 5.11 Å². The van der Waals surface area contributed by atoms with Gasteiger partial charge in [0, 0.05) is 5.02 Å². The van der Waals surface area contributed by atoms with Crippen LogP contribution in [0.4, 0.5) is 13.2 Å². The van der Waals surface area contributed by atoms with Crippen molar-refractivity contribution in [1.29, 1.82) is 0 Å². The molecular formula is C14H9BrClF3O2. The normalized spacial score (nSPS) is 11.5. The molecule has 2 aromatic rings. The first-order chi connectivity index (χ1) is 9.81. The molecule has 0 unspecified atom stereocenters. The van der Waals surface area contributed by atoms with E-state index in [2.05, 4.69) is 15.9 Å². The largest absolute Gasteiger partial charge is 0.456 e. The SMILES string of the molecule is OCc1ccc(Oc2ccc(Cl)cc2Br)cc1C(F)(F)F. The van der Waals surface area contributed by atoms with Crippen molar-refractivity contribution in [3.63, 3.8) is 0 Å². The van der Waals surface area contributed by atoms with Crippen LogP contribution < -0.4 is 4.74 Å². The van der Waals surface area contributed by atoms with Gasteiger partial charge < -0.3 is 9.84 Å². The lowest BCUT2D eigenvalue weighted by molar-refractivity contribution is -0.138. The van der Waals surface area contributed by atoms with Gasteiger partial charge in [0.1, 0.15) is 11.5 Å². The molecule has 112 valence electrons. The van der Waals surface area contributed by atoms with Crippen molar-refractivity contribution in [1.82, 2.24) is 0 Å². The third-order valence-corrected chi connectivity index (χ3v) is 3.53. The maximum absolute atomic E-state index is 12.9. The minimum Gasteiger partial charge on any atom is -0.456 e. The molecule has 0 bridgehead atoms. The zero-order valence-corrected chi connectivity index (χ0v) is 12.8. The number of hydrogen-bond acceptors (Lipinski definition) is 2. The van der Waals surface area contributed by atoms with E-state index in [1.807, 2.05) is 0 Å². The van der Waals surface area contributed by atoms with Crippen molar-refractivity contribution >= 4 is 27.5 Å². The lowest BCUT2D eigenvalue weighted by Crippen LogP contribution is -2.09. The number of hydrogen-bond donors (Lipinski definition) is 1. The zero-order valence-electron chi connectivity index (χ0n) is 10.4. The van der Waals surface area contributed by atoms with Gasteiger partial charge in [0.05, 0.1) is 16.6 Å². The highest BCUT2D eigenvalue weighted by molar-refractivity contribution is 9.10. The Kier molecular flexibility index (Phi) is 4.81. The topological polar surface area (TPSA) is 29.5 Å². The standard InChI is InChI=1S/C14H9BrClF3O2/c15-12-5-9(16)2-4-13(12)21-10-3-1-8(7-20)11(6-10)14(17,18)19/h1-6,20H,7H2. The summed E-state index contributed by atoms with van der Waals surface area (Å²) < 4.78 is 44.6. The van der Waals surface area contributed by atoms with E-state index in [1.165, 1.54) is 12.1 Å². The highest BCUT2D eigenvalue weighted by Crippen LogP contribution is 2.37. The van der Waals surface area contributed by atoms with Crippen LogP contribution >= 0.6 is 27.5 Å². The summed E-state index contributed by atoms with van der Waals surface area (Å²) in [5.74, 6) is 0.354. The van der Waals surface area contributed by atoms with Gasteiger partial charge in [-0.1, -0.05) is 17.7 Å². The predicted octanol–water partition coefficient (Wildman–Crippen LogP) is 5.41. The van der Waals surface area contributed by atoms with E-state index in [-0.39, 0.29) is 11.3 Å². The molecule has 0 amide bonds. The van der Waals surface area contributed by atoms with E-state index in [0.29, 0.717) is 15.2 Å². The first-order valence-electron chi connectivity index (χ1n) is 5.75. The lowest BCUT2D eigenvalue weighted by atomic mass is 10.1. The van der Waals surface area contributed by atoms with Crippen molar-refractivity contribution in [2.24, 2.45) is 0 Å². The highest BCUT2D eigenvalue weighted by Gasteiger charge is 2.33. The van der Waals surface area contributed by atoms with Crippen LogP contribution in [0.15, 0.2) is 40.9 Å². The molecule has 0 saturated heterocycles.